The number of rotatable bonds is 1. The van der Waals surface area contributed by atoms with Crippen LogP contribution in [0.5, 0.6) is 0 Å². The zero-order chi connectivity index (χ0) is 16.2. The Balaban J connectivity index is 1.86. The molecule has 0 N–H and O–H groups in total. The van der Waals surface area contributed by atoms with Crippen LogP contribution in [0.4, 0.5) is 5.69 Å². The molecule has 1 amide bonds. The summed E-state index contributed by atoms with van der Waals surface area (Å²) in [5.41, 5.74) is 4.44. The van der Waals surface area contributed by atoms with Crippen molar-refractivity contribution in [2.45, 2.75) is 25.3 Å². The largest absolute Gasteiger partial charge is 0.303 e. The minimum atomic E-state index is 0.0144. The van der Waals surface area contributed by atoms with Gasteiger partial charge in [0.15, 0.2) is 0 Å². The summed E-state index contributed by atoms with van der Waals surface area (Å²) in [4.78, 5) is 17.6. The zero-order valence-electron chi connectivity index (χ0n) is 13.9. The van der Waals surface area contributed by atoms with Gasteiger partial charge in [-0.1, -0.05) is 42.8 Å². The fourth-order valence-corrected chi connectivity index (χ4v) is 4.31. The lowest BCUT2D eigenvalue weighted by Crippen LogP contribution is -2.45. The van der Waals surface area contributed by atoms with Gasteiger partial charge in [-0.15, -0.1) is 0 Å². The first-order valence-corrected chi connectivity index (χ1v) is 8.19. The smallest absolute Gasteiger partial charge is 0.258 e. The third-order valence-electron chi connectivity index (χ3n) is 5.40. The molecule has 0 aliphatic carbocycles. The van der Waals surface area contributed by atoms with Crippen molar-refractivity contribution in [3.05, 3.63) is 65.2 Å². The molecule has 0 aromatic heterocycles. The summed E-state index contributed by atoms with van der Waals surface area (Å²) in [5.74, 6) is 0.111. The molecule has 2 heterocycles. The first kappa shape index (κ1) is 14.5. The molecule has 3 heteroatoms. The SMILES string of the molecule is Cc1ccc2c(c1)C1(C)CN(C)C[C@@H]1N2C(=O)c1ccccc1. The summed E-state index contributed by atoms with van der Waals surface area (Å²) >= 11 is 0. The van der Waals surface area contributed by atoms with Crippen LogP contribution in [0, 0.1) is 6.92 Å². The van der Waals surface area contributed by atoms with E-state index in [0.29, 0.717) is 0 Å². The molecule has 2 aromatic carbocycles. The molecule has 4 rings (SSSR count). The predicted octanol–water partition coefficient (Wildman–Crippen LogP) is 3.23. The van der Waals surface area contributed by atoms with Crippen molar-refractivity contribution in [2.24, 2.45) is 0 Å². The number of hydrogen-bond donors (Lipinski definition) is 0. The number of carbonyl (C=O) groups is 1. The van der Waals surface area contributed by atoms with Crippen LogP contribution in [0.1, 0.15) is 28.4 Å². The second-order valence-electron chi connectivity index (χ2n) is 7.19. The van der Waals surface area contributed by atoms with E-state index in [1.54, 1.807) is 0 Å². The maximum atomic E-state index is 13.2. The van der Waals surface area contributed by atoms with E-state index >= 15 is 0 Å². The normalized spacial score (nSPS) is 26.2. The Bertz CT molecular complexity index is 770. The number of amides is 1. The van der Waals surface area contributed by atoms with Crippen LogP contribution in [-0.2, 0) is 5.41 Å². The Labute approximate surface area is 137 Å². The summed E-state index contributed by atoms with van der Waals surface area (Å²) in [6.45, 7) is 6.34. The molecule has 2 atom stereocenters. The van der Waals surface area contributed by atoms with Gasteiger partial charge in [0.2, 0.25) is 0 Å². The van der Waals surface area contributed by atoms with Crippen LogP contribution >= 0.6 is 0 Å². The average molecular weight is 306 g/mol. The highest BCUT2D eigenvalue weighted by atomic mass is 16.2. The van der Waals surface area contributed by atoms with E-state index in [-0.39, 0.29) is 17.4 Å². The van der Waals surface area contributed by atoms with Gasteiger partial charge in [-0.25, -0.2) is 0 Å². The van der Waals surface area contributed by atoms with Crippen LogP contribution in [-0.4, -0.2) is 37.0 Å². The number of fused-ring (bicyclic) bond motifs is 3. The lowest BCUT2D eigenvalue weighted by molar-refractivity contribution is 0.0975. The number of aryl methyl sites for hydroxylation is 1. The number of likely N-dealkylation sites (tertiary alicyclic amines) is 1. The van der Waals surface area contributed by atoms with E-state index < -0.39 is 0 Å². The number of anilines is 1. The van der Waals surface area contributed by atoms with Gasteiger partial charge in [0.1, 0.15) is 0 Å². The first-order valence-electron chi connectivity index (χ1n) is 8.19. The average Bonchev–Trinajstić information content (AvgIpc) is 2.95. The molecule has 3 nitrogen and oxygen atoms in total. The second-order valence-corrected chi connectivity index (χ2v) is 7.19. The summed E-state index contributed by atoms with van der Waals surface area (Å²) in [7, 11) is 2.14. The minimum Gasteiger partial charge on any atom is -0.303 e. The molecule has 0 bridgehead atoms. The fourth-order valence-electron chi connectivity index (χ4n) is 4.31. The van der Waals surface area contributed by atoms with Crippen LogP contribution in [0.2, 0.25) is 0 Å². The van der Waals surface area contributed by atoms with Gasteiger partial charge < -0.3 is 9.80 Å². The lowest BCUT2D eigenvalue weighted by Gasteiger charge is -2.28. The van der Waals surface area contributed by atoms with Gasteiger partial charge in [0.25, 0.3) is 5.91 Å². The molecule has 0 spiro atoms. The first-order chi connectivity index (χ1) is 11.0. The van der Waals surface area contributed by atoms with E-state index in [0.717, 1.165) is 24.3 Å². The van der Waals surface area contributed by atoms with Gasteiger partial charge in [-0.2, -0.15) is 0 Å². The van der Waals surface area contributed by atoms with Crippen molar-refractivity contribution in [2.75, 3.05) is 25.0 Å². The van der Waals surface area contributed by atoms with Crippen LogP contribution in [0.15, 0.2) is 48.5 Å². The molecule has 0 saturated carbocycles. The highest BCUT2D eigenvalue weighted by molar-refractivity contribution is 6.08. The molecule has 2 aliphatic heterocycles. The Hall–Kier alpha value is -2.13. The molecule has 1 fully saturated rings. The molecule has 1 saturated heterocycles. The molecule has 2 aromatic rings. The summed E-state index contributed by atoms with van der Waals surface area (Å²) in [6.07, 6.45) is 0. The number of benzene rings is 2. The van der Waals surface area contributed by atoms with Crippen molar-refractivity contribution in [3.63, 3.8) is 0 Å². The molecule has 23 heavy (non-hydrogen) atoms. The predicted molar refractivity (Wildman–Crippen MR) is 93.1 cm³/mol. The third kappa shape index (κ3) is 2.03. The Morgan fingerprint density at radius 2 is 1.91 bits per heavy atom. The van der Waals surface area contributed by atoms with Gasteiger partial charge in [0.05, 0.1) is 6.04 Å². The summed E-state index contributed by atoms with van der Waals surface area (Å²) in [5, 5.41) is 0. The monoisotopic (exact) mass is 306 g/mol. The zero-order valence-corrected chi connectivity index (χ0v) is 13.9. The highest BCUT2D eigenvalue weighted by Gasteiger charge is 2.54. The fraction of sp³-hybridized carbons (Fsp3) is 0.350. The third-order valence-corrected chi connectivity index (χ3v) is 5.40. The molecular weight excluding hydrogens is 284 g/mol. The van der Waals surface area contributed by atoms with Crippen molar-refractivity contribution in [1.82, 2.24) is 4.90 Å². The van der Waals surface area contributed by atoms with Gasteiger partial charge >= 0.3 is 0 Å². The van der Waals surface area contributed by atoms with E-state index in [4.69, 9.17) is 0 Å². The Morgan fingerprint density at radius 3 is 2.65 bits per heavy atom. The van der Waals surface area contributed by atoms with E-state index in [9.17, 15) is 4.79 Å². The topological polar surface area (TPSA) is 23.6 Å². The van der Waals surface area contributed by atoms with E-state index in [2.05, 4.69) is 44.0 Å². The van der Waals surface area contributed by atoms with Crippen molar-refractivity contribution >= 4 is 11.6 Å². The van der Waals surface area contributed by atoms with Gasteiger partial charge in [-0.05, 0) is 37.7 Å². The minimum absolute atomic E-state index is 0.0144. The molecule has 2 aliphatic rings. The Kier molecular flexibility index (Phi) is 3.10. The molecule has 0 radical (unpaired) electrons. The summed E-state index contributed by atoms with van der Waals surface area (Å²) in [6, 6.07) is 16.3. The summed E-state index contributed by atoms with van der Waals surface area (Å²) < 4.78 is 0. The van der Waals surface area contributed by atoms with Crippen LogP contribution < -0.4 is 4.90 Å². The van der Waals surface area contributed by atoms with E-state index in [1.807, 2.05) is 35.2 Å². The number of carbonyl (C=O) groups excluding carboxylic acids is 1. The van der Waals surface area contributed by atoms with Crippen LogP contribution in [0.3, 0.4) is 0 Å². The Morgan fingerprint density at radius 1 is 1.17 bits per heavy atom. The number of hydrogen-bond acceptors (Lipinski definition) is 2. The molecular formula is C20H22N2O. The lowest BCUT2D eigenvalue weighted by atomic mass is 9.80. The standard InChI is InChI=1S/C20H22N2O/c1-14-9-10-17-16(11-14)20(2)13-21(3)12-18(20)22(17)19(23)15-7-5-4-6-8-15/h4-11,18H,12-13H2,1-3H3/t18-,20?/m0/s1. The molecule has 118 valence electrons. The number of likely N-dealkylation sites (N-methyl/N-ethyl adjacent to an activating group) is 1. The maximum absolute atomic E-state index is 13.2. The maximum Gasteiger partial charge on any atom is 0.258 e. The van der Waals surface area contributed by atoms with Gasteiger partial charge in [-0.3, -0.25) is 4.79 Å². The highest BCUT2D eigenvalue weighted by Crippen LogP contribution is 2.49. The molecule has 1 unspecified atom stereocenters. The van der Waals surface area contributed by atoms with Crippen LogP contribution in [0.25, 0.3) is 0 Å². The van der Waals surface area contributed by atoms with E-state index in [1.165, 1.54) is 11.1 Å². The second kappa shape index (κ2) is 4.93. The van der Waals surface area contributed by atoms with Crippen molar-refractivity contribution < 1.29 is 4.79 Å². The number of nitrogens with zero attached hydrogens (tertiary/aromatic N) is 2. The quantitative estimate of drug-likeness (QED) is 0.807. The van der Waals surface area contributed by atoms with Crippen molar-refractivity contribution in [3.8, 4) is 0 Å². The van der Waals surface area contributed by atoms with Crippen molar-refractivity contribution in [1.29, 1.82) is 0 Å². The van der Waals surface area contributed by atoms with Gasteiger partial charge in [0, 0.05) is 29.8 Å².